The van der Waals surface area contributed by atoms with Crippen molar-refractivity contribution >= 4 is 23.6 Å². The van der Waals surface area contributed by atoms with Crippen molar-refractivity contribution in [3.63, 3.8) is 0 Å². The van der Waals surface area contributed by atoms with Gasteiger partial charge in [0.05, 0.1) is 12.5 Å². The number of fused-ring (bicyclic) bond motifs is 1. The maximum absolute atomic E-state index is 12.6. The van der Waals surface area contributed by atoms with E-state index in [9.17, 15) is 19.2 Å². The third-order valence-electron chi connectivity index (χ3n) is 4.37. The summed E-state index contributed by atoms with van der Waals surface area (Å²) < 4.78 is 5.46. The van der Waals surface area contributed by atoms with Crippen LogP contribution in [0.3, 0.4) is 0 Å². The van der Waals surface area contributed by atoms with Crippen molar-refractivity contribution in [1.29, 1.82) is 0 Å². The van der Waals surface area contributed by atoms with Gasteiger partial charge in [-0.15, -0.1) is 0 Å². The van der Waals surface area contributed by atoms with Gasteiger partial charge in [-0.25, -0.2) is 4.79 Å². The van der Waals surface area contributed by atoms with Gasteiger partial charge in [-0.05, 0) is 34.1 Å². The average molecular weight is 350 g/mol. The van der Waals surface area contributed by atoms with Gasteiger partial charge in [-0.2, -0.15) is 0 Å². The van der Waals surface area contributed by atoms with Gasteiger partial charge in [0.15, 0.2) is 5.78 Å². The lowest BCUT2D eigenvalue weighted by atomic mass is 9.87. The molecule has 0 unspecified atom stereocenters. The van der Waals surface area contributed by atoms with Crippen molar-refractivity contribution in [2.45, 2.75) is 71.2 Å². The molecule has 0 aliphatic carbocycles. The zero-order valence-corrected chi connectivity index (χ0v) is 15.4. The van der Waals surface area contributed by atoms with Gasteiger partial charge >= 0.3 is 5.97 Å². The molecule has 4 atom stereocenters. The minimum Gasteiger partial charge on any atom is -0.458 e. The van der Waals surface area contributed by atoms with E-state index in [1.165, 1.54) is 11.8 Å². The first kappa shape index (κ1) is 19.1. The second-order valence-corrected chi connectivity index (χ2v) is 7.59. The fourth-order valence-corrected chi connectivity index (χ4v) is 3.62. The summed E-state index contributed by atoms with van der Waals surface area (Å²) in [7, 11) is 0. The first-order valence-electron chi connectivity index (χ1n) is 8.52. The maximum atomic E-state index is 12.6. The Balaban J connectivity index is 2.38. The molecular formula is C18H26N2O5. The molecule has 2 heterocycles. The molecule has 2 aliphatic rings. The Labute approximate surface area is 147 Å². The molecule has 7 nitrogen and oxygen atoms in total. The zero-order chi connectivity index (χ0) is 18.9. The minimum absolute atomic E-state index is 0.201. The summed E-state index contributed by atoms with van der Waals surface area (Å²) in [6.45, 7) is 8.47. The van der Waals surface area contributed by atoms with Crippen LogP contribution in [-0.4, -0.2) is 52.2 Å². The predicted molar refractivity (Wildman–Crippen MR) is 90.4 cm³/mol. The molecule has 2 fully saturated rings. The Morgan fingerprint density at radius 2 is 1.92 bits per heavy atom. The number of carbonyl (C=O) groups is 4. The van der Waals surface area contributed by atoms with Crippen molar-refractivity contribution in [3.05, 3.63) is 12.2 Å². The predicted octanol–water partition coefficient (Wildman–Crippen LogP) is 0.967. The lowest BCUT2D eigenvalue weighted by Gasteiger charge is -2.39. The Kier molecular flexibility index (Phi) is 5.34. The van der Waals surface area contributed by atoms with Gasteiger partial charge in [0.25, 0.3) is 0 Å². The van der Waals surface area contributed by atoms with E-state index in [0.717, 1.165) is 0 Å². The number of ketones is 1. The number of carbonyl (C=O) groups excluding carboxylic acids is 4. The number of amides is 2. The van der Waals surface area contributed by atoms with E-state index < -0.39 is 29.7 Å². The van der Waals surface area contributed by atoms with Crippen LogP contribution in [-0.2, 0) is 23.9 Å². The number of Topliss-reactive ketones (excluding diaryl/α,β-unsaturated/α-hetero) is 1. The van der Waals surface area contributed by atoms with Gasteiger partial charge in [0.1, 0.15) is 17.7 Å². The first-order valence-corrected chi connectivity index (χ1v) is 8.52. The van der Waals surface area contributed by atoms with Crippen molar-refractivity contribution in [2.24, 2.45) is 5.92 Å². The quantitative estimate of drug-likeness (QED) is 0.465. The number of hydrogen-bond donors (Lipinski definition) is 1. The van der Waals surface area contributed by atoms with Crippen LogP contribution in [0.2, 0.25) is 0 Å². The van der Waals surface area contributed by atoms with Crippen LogP contribution in [0, 0.1) is 5.92 Å². The highest BCUT2D eigenvalue weighted by Gasteiger charge is 2.55. The van der Waals surface area contributed by atoms with Crippen LogP contribution in [0.15, 0.2) is 12.2 Å². The zero-order valence-electron chi connectivity index (χ0n) is 15.4. The minimum atomic E-state index is -0.802. The Bertz CT molecular complexity index is 619. The van der Waals surface area contributed by atoms with E-state index in [2.05, 4.69) is 5.32 Å². The Hall–Kier alpha value is -2.18. The number of allylic oxidation sites excluding steroid dienone is 1. The van der Waals surface area contributed by atoms with Crippen molar-refractivity contribution in [3.8, 4) is 0 Å². The summed E-state index contributed by atoms with van der Waals surface area (Å²) in [6.07, 6.45) is 3.76. The molecule has 2 rings (SSSR count). The molecule has 2 saturated heterocycles. The third kappa shape index (κ3) is 4.08. The molecule has 0 spiro atoms. The highest BCUT2D eigenvalue weighted by molar-refractivity contribution is 6.06. The second-order valence-electron chi connectivity index (χ2n) is 7.59. The number of rotatable bonds is 3. The van der Waals surface area contributed by atoms with Gasteiger partial charge in [0, 0.05) is 12.8 Å². The van der Waals surface area contributed by atoms with Crippen LogP contribution in [0.1, 0.15) is 47.5 Å². The topological polar surface area (TPSA) is 92.8 Å². The monoisotopic (exact) mass is 350 g/mol. The molecular weight excluding hydrogens is 324 g/mol. The number of nitrogens with zero attached hydrogens (tertiary/aromatic N) is 1. The molecule has 138 valence electrons. The van der Waals surface area contributed by atoms with Crippen LogP contribution < -0.4 is 5.32 Å². The fraction of sp³-hybridized carbons (Fsp3) is 0.667. The molecule has 25 heavy (non-hydrogen) atoms. The van der Waals surface area contributed by atoms with Crippen LogP contribution in [0.25, 0.3) is 0 Å². The van der Waals surface area contributed by atoms with Crippen LogP contribution >= 0.6 is 0 Å². The molecule has 7 heteroatoms. The number of nitrogens with one attached hydrogen (secondary N) is 1. The highest BCUT2D eigenvalue weighted by Crippen LogP contribution is 2.38. The first-order chi connectivity index (χ1) is 11.5. The number of esters is 1. The maximum Gasteiger partial charge on any atom is 0.329 e. The van der Waals surface area contributed by atoms with Gasteiger partial charge in [-0.1, -0.05) is 12.2 Å². The second kappa shape index (κ2) is 6.98. The van der Waals surface area contributed by atoms with Crippen molar-refractivity contribution < 1.29 is 23.9 Å². The highest BCUT2D eigenvalue weighted by atomic mass is 16.6. The Morgan fingerprint density at radius 1 is 1.28 bits per heavy atom. The SMILES string of the molecule is C/C=C\[C@@H]1C[C@H](C(=O)OC(C)(C)C)N2C(=O)CC(=O)[C@H](NC(C)=O)[C@@H]12. The molecule has 0 aromatic carbocycles. The van der Waals surface area contributed by atoms with Crippen LogP contribution in [0.4, 0.5) is 0 Å². The normalized spacial score (nSPS) is 29.7. The Morgan fingerprint density at radius 3 is 2.44 bits per heavy atom. The lowest BCUT2D eigenvalue weighted by Crippen LogP contribution is -2.63. The molecule has 0 aromatic rings. The molecule has 0 radical (unpaired) electrons. The molecule has 1 N–H and O–H groups in total. The molecule has 0 saturated carbocycles. The van der Waals surface area contributed by atoms with Gasteiger partial charge in [0.2, 0.25) is 11.8 Å². The molecule has 2 aliphatic heterocycles. The summed E-state index contributed by atoms with van der Waals surface area (Å²) in [4.78, 5) is 50.4. The molecule has 0 bridgehead atoms. The van der Waals surface area contributed by atoms with E-state index >= 15 is 0 Å². The lowest BCUT2D eigenvalue weighted by molar-refractivity contribution is -0.166. The van der Waals surface area contributed by atoms with E-state index in [1.807, 2.05) is 19.1 Å². The smallest absolute Gasteiger partial charge is 0.329 e. The third-order valence-corrected chi connectivity index (χ3v) is 4.37. The van der Waals surface area contributed by atoms with Crippen molar-refractivity contribution in [2.75, 3.05) is 0 Å². The summed E-state index contributed by atoms with van der Waals surface area (Å²) >= 11 is 0. The standard InChI is InChI=1S/C18H26N2O5/c1-6-7-11-8-12(17(24)25-18(3,4)5)20-14(23)9-13(22)15(16(11)20)19-10(2)21/h6-7,11-12,15-16H,8-9H2,1-5H3,(H,19,21)/b7-6-/t11-,12-,15+,16-/m1/s1. The molecule has 0 aromatic heterocycles. The number of hydrogen-bond acceptors (Lipinski definition) is 5. The summed E-state index contributed by atoms with van der Waals surface area (Å²) in [5.74, 6) is -1.73. The van der Waals surface area contributed by atoms with E-state index in [4.69, 9.17) is 4.74 Å². The largest absolute Gasteiger partial charge is 0.458 e. The number of ether oxygens (including phenoxy) is 1. The van der Waals surface area contributed by atoms with E-state index in [-0.39, 0.29) is 29.9 Å². The van der Waals surface area contributed by atoms with E-state index in [0.29, 0.717) is 6.42 Å². The van der Waals surface area contributed by atoms with Crippen LogP contribution in [0.5, 0.6) is 0 Å². The summed E-state index contributed by atoms with van der Waals surface area (Å²) in [5.41, 5.74) is -0.670. The van der Waals surface area contributed by atoms with E-state index in [1.54, 1.807) is 20.8 Å². The number of piperidine rings is 1. The average Bonchev–Trinajstić information content (AvgIpc) is 2.82. The molecule has 2 amide bonds. The fourth-order valence-electron chi connectivity index (χ4n) is 3.62. The van der Waals surface area contributed by atoms with Gasteiger partial charge < -0.3 is 15.0 Å². The summed E-state index contributed by atoms with van der Waals surface area (Å²) in [6, 6.07) is -2.11. The van der Waals surface area contributed by atoms with Gasteiger partial charge in [-0.3, -0.25) is 14.4 Å². The summed E-state index contributed by atoms with van der Waals surface area (Å²) in [5, 5.41) is 2.65. The van der Waals surface area contributed by atoms with Crippen molar-refractivity contribution in [1.82, 2.24) is 10.2 Å².